The molecule has 148 valence electrons. The number of guanidine groups is 1. The highest BCUT2D eigenvalue weighted by atomic mass is 127. The average Bonchev–Trinajstić information content (AvgIpc) is 3.12. The molecule has 0 bridgehead atoms. The van der Waals surface area contributed by atoms with Crippen LogP contribution in [-0.4, -0.2) is 50.0 Å². The van der Waals surface area contributed by atoms with Crippen molar-refractivity contribution in [2.45, 2.75) is 51.5 Å². The third-order valence-electron chi connectivity index (χ3n) is 4.82. The van der Waals surface area contributed by atoms with Gasteiger partial charge in [0.2, 0.25) is 5.91 Å². The van der Waals surface area contributed by atoms with Gasteiger partial charge in [0.05, 0.1) is 6.26 Å². The maximum Gasteiger partial charge on any atom is 0.243 e. The van der Waals surface area contributed by atoms with Gasteiger partial charge in [0.1, 0.15) is 12.3 Å². The predicted molar refractivity (Wildman–Crippen MR) is 116 cm³/mol. The van der Waals surface area contributed by atoms with E-state index in [1.807, 2.05) is 12.1 Å². The number of furan rings is 1. The van der Waals surface area contributed by atoms with Crippen molar-refractivity contribution in [3.63, 3.8) is 0 Å². The van der Waals surface area contributed by atoms with E-state index in [2.05, 4.69) is 22.5 Å². The fraction of sp³-hybridized carbons (Fsp3) is 0.684. The van der Waals surface area contributed by atoms with Crippen molar-refractivity contribution < 1.29 is 9.21 Å². The number of amides is 1. The van der Waals surface area contributed by atoms with Crippen molar-refractivity contribution in [3.05, 3.63) is 24.2 Å². The number of aliphatic imine (C=N–C) groups is 1. The Morgan fingerprint density at radius 1 is 1.38 bits per heavy atom. The van der Waals surface area contributed by atoms with Crippen LogP contribution in [0.2, 0.25) is 0 Å². The number of hydrogen-bond acceptors (Lipinski definition) is 3. The molecule has 1 aromatic heterocycles. The van der Waals surface area contributed by atoms with Gasteiger partial charge in [-0.1, -0.05) is 26.2 Å². The molecule has 1 fully saturated rings. The van der Waals surface area contributed by atoms with Gasteiger partial charge in [-0.05, 0) is 30.9 Å². The first-order valence-electron chi connectivity index (χ1n) is 9.35. The van der Waals surface area contributed by atoms with Crippen LogP contribution in [0.3, 0.4) is 0 Å². The Hall–Kier alpha value is -1.25. The van der Waals surface area contributed by atoms with Gasteiger partial charge in [0.25, 0.3) is 0 Å². The van der Waals surface area contributed by atoms with Crippen LogP contribution in [0, 0.1) is 5.92 Å². The summed E-state index contributed by atoms with van der Waals surface area (Å²) in [6, 6.07) is 4.29. The van der Waals surface area contributed by atoms with E-state index in [0.717, 1.165) is 37.0 Å². The Morgan fingerprint density at radius 3 is 2.85 bits per heavy atom. The van der Waals surface area contributed by atoms with Crippen LogP contribution in [0.15, 0.2) is 27.8 Å². The number of nitrogens with zero attached hydrogens (tertiary/aromatic N) is 2. The summed E-state index contributed by atoms with van der Waals surface area (Å²) in [7, 11) is 3.50. The van der Waals surface area contributed by atoms with Crippen LogP contribution in [0.5, 0.6) is 0 Å². The van der Waals surface area contributed by atoms with Crippen molar-refractivity contribution in [1.29, 1.82) is 0 Å². The lowest BCUT2D eigenvalue weighted by Crippen LogP contribution is -2.46. The summed E-state index contributed by atoms with van der Waals surface area (Å²) in [4.78, 5) is 17.9. The first-order chi connectivity index (χ1) is 12.1. The second kappa shape index (κ2) is 12.2. The normalized spacial score (nSPS) is 20.2. The number of carbonyl (C=O) groups is 1. The maximum atomic E-state index is 11.8. The molecule has 1 aromatic rings. The molecule has 1 saturated carbocycles. The molecule has 7 heteroatoms. The van der Waals surface area contributed by atoms with Gasteiger partial charge in [0, 0.05) is 33.1 Å². The van der Waals surface area contributed by atoms with Crippen molar-refractivity contribution in [1.82, 2.24) is 15.5 Å². The fourth-order valence-corrected chi connectivity index (χ4v) is 3.19. The van der Waals surface area contributed by atoms with Crippen molar-refractivity contribution in [2.75, 3.05) is 27.2 Å². The highest BCUT2D eigenvalue weighted by Gasteiger charge is 2.21. The Labute approximate surface area is 174 Å². The Bertz CT molecular complexity index is 546. The molecule has 6 nitrogen and oxygen atoms in total. The minimum absolute atomic E-state index is 0. The lowest BCUT2D eigenvalue weighted by atomic mass is 9.84. The molecule has 1 heterocycles. The quantitative estimate of drug-likeness (QED) is 0.361. The zero-order valence-electron chi connectivity index (χ0n) is 16.2. The summed E-state index contributed by atoms with van der Waals surface area (Å²) in [5, 5.41) is 6.87. The highest BCUT2D eigenvalue weighted by molar-refractivity contribution is 14.0. The zero-order chi connectivity index (χ0) is 18.1. The average molecular weight is 476 g/mol. The van der Waals surface area contributed by atoms with Crippen LogP contribution in [0.25, 0.3) is 0 Å². The SMILES string of the molecule is CCC1CCCC(NC(=NCC(=O)N(C)C)NCCc2ccco2)C1.I. The molecule has 2 unspecified atom stereocenters. The molecule has 2 atom stereocenters. The Morgan fingerprint density at radius 2 is 2.19 bits per heavy atom. The van der Waals surface area contributed by atoms with Gasteiger partial charge in [-0.25, -0.2) is 4.99 Å². The Balaban J connectivity index is 0.00000338. The summed E-state index contributed by atoms with van der Waals surface area (Å²) in [6.07, 6.45) is 8.63. The highest BCUT2D eigenvalue weighted by Crippen LogP contribution is 2.26. The van der Waals surface area contributed by atoms with E-state index in [0.29, 0.717) is 6.04 Å². The first-order valence-corrected chi connectivity index (χ1v) is 9.35. The molecule has 26 heavy (non-hydrogen) atoms. The fourth-order valence-electron chi connectivity index (χ4n) is 3.19. The largest absolute Gasteiger partial charge is 0.469 e. The third-order valence-corrected chi connectivity index (χ3v) is 4.82. The molecular formula is C19H33IN4O2. The minimum Gasteiger partial charge on any atom is -0.469 e. The van der Waals surface area contributed by atoms with Gasteiger partial charge in [-0.2, -0.15) is 0 Å². The molecule has 2 rings (SSSR count). The van der Waals surface area contributed by atoms with E-state index in [-0.39, 0.29) is 36.4 Å². The molecule has 0 aliphatic heterocycles. The summed E-state index contributed by atoms with van der Waals surface area (Å²) in [5.41, 5.74) is 0. The van der Waals surface area contributed by atoms with Crippen LogP contribution in [-0.2, 0) is 11.2 Å². The lowest BCUT2D eigenvalue weighted by Gasteiger charge is -2.30. The van der Waals surface area contributed by atoms with Gasteiger partial charge in [-0.3, -0.25) is 4.79 Å². The summed E-state index contributed by atoms with van der Waals surface area (Å²) >= 11 is 0. The van der Waals surface area contributed by atoms with Crippen molar-refractivity contribution >= 4 is 35.8 Å². The van der Waals surface area contributed by atoms with Crippen LogP contribution in [0.4, 0.5) is 0 Å². The van der Waals surface area contributed by atoms with Gasteiger partial charge >= 0.3 is 0 Å². The van der Waals surface area contributed by atoms with Gasteiger partial charge in [0.15, 0.2) is 5.96 Å². The number of rotatable bonds is 7. The van der Waals surface area contributed by atoms with E-state index < -0.39 is 0 Å². The lowest BCUT2D eigenvalue weighted by molar-refractivity contribution is -0.127. The van der Waals surface area contributed by atoms with E-state index in [9.17, 15) is 4.79 Å². The molecule has 0 radical (unpaired) electrons. The number of nitrogens with one attached hydrogen (secondary N) is 2. The van der Waals surface area contributed by atoms with E-state index in [4.69, 9.17) is 4.42 Å². The molecular weight excluding hydrogens is 443 g/mol. The third kappa shape index (κ3) is 7.97. The van der Waals surface area contributed by atoms with Crippen LogP contribution in [0.1, 0.15) is 44.8 Å². The molecule has 0 saturated heterocycles. The standard InChI is InChI=1S/C19H32N4O2.HI/c1-4-15-7-5-8-16(13-15)22-19(21-14-18(24)23(2)3)20-11-10-17-9-6-12-25-17;/h6,9,12,15-16H,4-5,7-8,10-11,13-14H2,1-3H3,(H2,20,21,22);1H. The maximum absolute atomic E-state index is 11.8. The van der Waals surface area contributed by atoms with E-state index in [1.54, 1.807) is 25.3 Å². The van der Waals surface area contributed by atoms with Crippen LogP contribution >= 0.6 is 24.0 Å². The van der Waals surface area contributed by atoms with Gasteiger partial charge in [-0.15, -0.1) is 24.0 Å². The summed E-state index contributed by atoms with van der Waals surface area (Å²) < 4.78 is 5.36. The second-order valence-electron chi connectivity index (χ2n) is 6.99. The van der Waals surface area contributed by atoms with Crippen molar-refractivity contribution in [2.24, 2.45) is 10.9 Å². The summed E-state index contributed by atoms with van der Waals surface area (Å²) in [5.74, 6) is 2.46. The zero-order valence-corrected chi connectivity index (χ0v) is 18.5. The Kier molecular flexibility index (Phi) is 10.7. The van der Waals surface area contributed by atoms with E-state index >= 15 is 0 Å². The van der Waals surface area contributed by atoms with E-state index in [1.165, 1.54) is 25.7 Å². The topological polar surface area (TPSA) is 69.9 Å². The first kappa shape index (κ1) is 22.8. The molecule has 1 aliphatic rings. The number of likely N-dealkylation sites (N-methyl/N-ethyl adjacent to an activating group) is 1. The molecule has 0 spiro atoms. The second-order valence-corrected chi connectivity index (χ2v) is 6.99. The molecule has 2 N–H and O–H groups in total. The number of carbonyl (C=O) groups excluding carboxylic acids is 1. The number of halogens is 1. The minimum atomic E-state index is 0. The monoisotopic (exact) mass is 476 g/mol. The van der Waals surface area contributed by atoms with Crippen LogP contribution < -0.4 is 10.6 Å². The molecule has 1 amide bonds. The van der Waals surface area contributed by atoms with Crippen molar-refractivity contribution in [3.8, 4) is 0 Å². The smallest absolute Gasteiger partial charge is 0.243 e. The molecule has 0 aromatic carbocycles. The number of hydrogen-bond donors (Lipinski definition) is 2. The van der Waals surface area contributed by atoms with Gasteiger partial charge < -0.3 is 20.0 Å². The predicted octanol–water partition coefficient (Wildman–Crippen LogP) is 3.03. The molecule has 1 aliphatic carbocycles. The summed E-state index contributed by atoms with van der Waals surface area (Å²) in [6.45, 7) is 3.14.